The number of para-hydroxylation sites is 1. The summed E-state index contributed by atoms with van der Waals surface area (Å²) in [6, 6.07) is 8.88. The van der Waals surface area contributed by atoms with Gasteiger partial charge in [0.1, 0.15) is 11.2 Å². The molecule has 3 aromatic rings. The number of fused-ring (bicyclic) bond motifs is 4. The van der Waals surface area contributed by atoms with Crippen LogP contribution in [0.2, 0.25) is 0 Å². The van der Waals surface area contributed by atoms with Gasteiger partial charge >= 0.3 is 5.97 Å². The number of hydrogen-bond acceptors (Lipinski definition) is 11. The summed E-state index contributed by atoms with van der Waals surface area (Å²) in [5.41, 5.74) is -0.379. The number of nitro benzene ring substituents is 1. The van der Waals surface area contributed by atoms with Gasteiger partial charge in [0, 0.05) is 22.8 Å². The van der Waals surface area contributed by atoms with Crippen LogP contribution in [0.25, 0.3) is 11.1 Å². The largest absolute Gasteiger partial charge is 0.493 e. The first-order chi connectivity index (χ1) is 20.1. The molecule has 0 bridgehead atoms. The highest BCUT2D eigenvalue weighted by Crippen LogP contribution is 2.59. The molecule has 0 saturated heterocycles. The number of aliphatic hydroxyl groups is 1. The summed E-state index contributed by atoms with van der Waals surface area (Å²) in [7, 11) is 5.84. The number of carbonyl (C=O) groups excluding carboxylic acids is 1. The molecule has 0 saturated carbocycles. The molecule has 1 N–H and O–H groups in total. The van der Waals surface area contributed by atoms with Crippen LogP contribution in [0.15, 0.2) is 36.4 Å². The Morgan fingerprint density at radius 1 is 1.00 bits per heavy atom. The Morgan fingerprint density at radius 2 is 1.69 bits per heavy atom. The van der Waals surface area contributed by atoms with Crippen LogP contribution < -0.4 is 28.4 Å². The first-order valence-corrected chi connectivity index (χ1v) is 13.1. The Balaban J connectivity index is 1.85. The molecule has 0 radical (unpaired) electrons. The summed E-state index contributed by atoms with van der Waals surface area (Å²) in [6.45, 7) is 3.36. The van der Waals surface area contributed by atoms with Crippen LogP contribution in [0.4, 0.5) is 5.69 Å². The zero-order valence-corrected chi connectivity index (χ0v) is 24.0. The first-order valence-electron chi connectivity index (χ1n) is 13.1. The predicted molar refractivity (Wildman–Crippen MR) is 149 cm³/mol. The van der Waals surface area contributed by atoms with Crippen LogP contribution in [0, 0.1) is 16.0 Å². The number of nitrogens with zero attached hydrogens (tertiary/aromatic N) is 1. The average molecular weight is 582 g/mol. The molecule has 12 heteroatoms. The molecule has 1 aliphatic heterocycles. The van der Waals surface area contributed by atoms with Crippen molar-refractivity contribution < 1.29 is 48.0 Å². The zero-order valence-electron chi connectivity index (χ0n) is 24.0. The molecule has 3 atom stereocenters. The molecule has 222 valence electrons. The molecule has 1 heterocycles. The van der Waals surface area contributed by atoms with Crippen molar-refractivity contribution in [1.82, 2.24) is 0 Å². The summed E-state index contributed by atoms with van der Waals surface area (Å²) in [5, 5.41) is 23.8. The number of rotatable bonds is 7. The zero-order chi connectivity index (χ0) is 30.3. The van der Waals surface area contributed by atoms with Crippen molar-refractivity contribution in [3.63, 3.8) is 0 Å². The van der Waals surface area contributed by atoms with Crippen molar-refractivity contribution in [3.05, 3.63) is 63.2 Å². The van der Waals surface area contributed by atoms with Gasteiger partial charge in [-0.15, -0.1) is 0 Å². The van der Waals surface area contributed by atoms with Crippen molar-refractivity contribution in [2.75, 3.05) is 35.2 Å². The summed E-state index contributed by atoms with van der Waals surface area (Å²) in [4.78, 5) is 24.6. The highest BCUT2D eigenvalue weighted by molar-refractivity contribution is 5.95. The van der Waals surface area contributed by atoms with E-state index in [9.17, 15) is 20.0 Å². The fourth-order valence-corrected chi connectivity index (χ4v) is 5.60. The Hall–Kier alpha value is -4.71. The van der Waals surface area contributed by atoms with Crippen molar-refractivity contribution in [2.24, 2.45) is 5.92 Å². The number of hydrogen-bond donors (Lipinski definition) is 1. The highest BCUT2D eigenvalue weighted by atomic mass is 16.7. The van der Waals surface area contributed by atoms with Crippen LogP contribution in [-0.4, -0.2) is 56.8 Å². The minimum absolute atomic E-state index is 0.00608. The lowest BCUT2D eigenvalue weighted by atomic mass is 9.73. The van der Waals surface area contributed by atoms with Gasteiger partial charge in [-0.1, -0.05) is 19.1 Å². The van der Waals surface area contributed by atoms with Gasteiger partial charge in [-0.25, -0.2) is 4.79 Å². The number of esters is 1. The molecular formula is C30H31NO11. The lowest BCUT2D eigenvalue weighted by Gasteiger charge is -2.41. The molecule has 0 spiro atoms. The Labute approximate surface area is 241 Å². The molecule has 42 heavy (non-hydrogen) atoms. The van der Waals surface area contributed by atoms with E-state index in [0.717, 1.165) is 5.56 Å². The van der Waals surface area contributed by atoms with Crippen molar-refractivity contribution in [3.8, 4) is 45.6 Å². The number of methoxy groups -OCH3 is 4. The first kappa shape index (κ1) is 28.8. The Bertz CT molecular complexity index is 1570. The van der Waals surface area contributed by atoms with E-state index in [0.29, 0.717) is 40.4 Å². The second-order valence-electron chi connectivity index (χ2n) is 10.2. The minimum atomic E-state index is -1.69. The van der Waals surface area contributed by atoms with Gasteiger partial charge in [0.2, 0.25) is 18.3 Å². The van der Waals surface area contributed by atoms with Gasteiger partial charge in [0.25, 0.3) is 5.69 Å². The van der Waals surface area contributed by atoms with Crippen LogP contribution in [0.3, 0.4) is 0 Å². The van der Waals surface area contributed by atoms with E-state index in [-0.39, 0.29) is 29.6 Å². The predicted octanol–water partition coefficient (Wildman–Crippen LogP) is 4.87. The van der Waals surface area contributed by atoms with Crippen LogP contribution in [-0.2, 0) is 11.2 Å². The summed E-state index contributed by atoms with van der Waals surface area (Å²) < 4.78 is 40.5. The van der Waals surface area contributed by atoms with Crippen LogP contribution in [0.1, 0.15) is 41.4 Å². The van der Waals surface area contributed by atoms with E-state index in [4.69, 9.17) is 33.2 Å². The monoisotopic (exact) mass is 581 g/mol. The van der Waals surface area contributed by atoms with E-state index >= 15 is 0 Å². The standard InChI is InChI=1S/C30H31NO11/c1-15-11-16-12-21-25(41-14-40-21)26(38-5)22(16)23-18(13-20(36-3)24(37-4)27(23)39-6)28(30(15,2)33)42-29(32)17-9-7-8-10-19(17)31(34)35/h7-10,12-13,15,28,33H,11,14H2,1-6H3/t15-,28-,30-/m0/s1. The highest BCUT2D eigenvalue weighted by Gasteiger charge is 2.47. The van der Waals surface area contributed by atoms with E-state index in [2.05, 4.69) is 0 Å². The van der Waals surface area contributed by atoms with Crippen LogP contribution in [0.5, 0.6) is 34.5 Å². The molecule has 5 rings (SSSR count). The third-order valence-electron chi connectivity index (χ3n) is 7.90. The van der Waals surface area contributed by atoms with Gasteiger partial charge in [0.15, 0.2) is 29.1 Å². The van der Waals surface area contributed by atoms with Gasteiger partial charge in [-0.3, -0.25) is 10.1 Å². The molecule has 12 nitrogen and oxygen atoms in total. The minimum Gasteiger partial charge on any atom is -0.493 e. The second-order valence-corrected chi connectivity index (χ2v) is 10.2. The van der Waals surface area contributed by atoms with Gasteiger partial charge in [-0.05, 0) is 43.0 Å². The third kappa shape index (κ3) is 4.48. The Kier molecular flexibility index (Phi) is 7.50. The summed E-state index contributed by atoms with van der Waals surface area (Å²) in [5.74, 6) is 0.430. The molecule has 0 amide bonds. The second kappa shape index (κ2) is 10.9. The Morgan fingerprint density at radius 3 is 2.33 bits per heavy atom. The molecule has 1 aliphatic carbocycles. The lowest BCUT2D eigenvalue weighted by molar-refractivity contribution is -0.385. The fourth-order valence-electron chi connectivity index (χ4n) is 5.60. The molecular weight excluding hydrogens is 550 g/mol. The maximum Gasteiger partial charge on any atom is 0.345 e. The van der Waals surface area contributed by atoms with Crippen LogP contribution >= 0.6 is 0 Å². The van der Waals surface area contributed by atoms with E-state index < -0.39 is 34.2 Å². The van der Waals surface area contributed by atoms with E-state index in [1.165, 1.54) is 52.7 Å². The normalized spacial score (nSPS) is 20.4. The summed E-state index contributed by atoms with van der Waals surface area (Å²) >= 11 is 0. The quantitative estimate of drug-likeness (QED) is 0.232. The molecule has 0 aromatic heterocycles. The molecule has 0 unspecified atom stereocenters. The number of benzene rings is 3. The van der Waals surface area contributed by atoms with Crippen molar-refractivity contribution in [1.29, 1.82) is 0 Å². The number of nitro groups is 1. The van der Waals surface area contributed by atoms with E-state index in [1.54, 1.807) is 13.0 Å². The van der Waals surface area contributed by atoms with Crippen molar-refractivity contribution in [2.45, 2.75) is 32.0 Å². The maximum absolute atomic E-state index is 13.6. The molecule has 0 fully saturated rings. The maximum atomic E-state index is 13.6. The smallest absolute Gasteiger partial charge is 0.345 e. The topological polar surface area (TPSA) is 145 Å². The van der Waals surface area contributed by atoms with Gasteiger partial charge in [-0.2, -0.15) is 0 Å². The third-order valence-corrected chi connectivity index (χ3v) is 7.90. The van der Waals surface area contributed by atoms with Gasteiger partial charge < -0.3 is 38.3 Å². The fraction of sp³-hybridized carbons (Fsp3) is 0.367. The van der Waals surface area contributed by atoms with E-state index in [1.807, 2.05) is 13.0 Å². The molecule has 3 aromatic carbocycles. The SMILES string of the molecule is COc1cc2c(c(OC)c1OC)-c1c(cc3c(c1OC)OCO3)C[C@H](C)[C@](C)(O)[C@H]2OC(=O)c1ccccc1[N+](=O)[O-]. The number of ether oxygens (including phenoxy) is 7. The lowest BCUT2D eigenvalue weighted by Crippen LogP contribution is -2.44. The van der Waals surface area contributed by atoms with Crippen molar-refractivity contribution >= 4 is 11.7 Å². The average Bonchev–Trinajstić information content (AvgIpc) is 3.45. The molecule has 2 aliphatic rings. The van der Waals surface area contributed by atoms with Gasteiger partial charge in [0.05, 0.1) is 33.4 Å². The summed E-state index contributed by atoms with van der Waals surface area (Å²) in [6.07, 6.45) is -1.06. The number of carbonyl (C=O) groups is 1.